The van der Waals surface area contributed by atoms with Crippen LogP contribution in [0.1, 0.15) is 32.4 Å². The molecule has 0 saturated carbocycles. The summed E-state index contributed by atoms with van der Waals surface area (Å²) in [5.41, 5.74) is -0.152. The van der Waals surface area contributed by atoms with Gasteiger partial charge in [0.25, 0.3) is 0 Å². The lowest BCUT2D eigenvalue weighted by molar-refractivity contribution is 0.0769. The maximum Gasteiger partial charge on any atom is 0.127 e. The van der Waals surface area contributed by atoms with Gasteiger partial charge >= 0.3 is 0 Å². The van der Waals surface area contributed by atoms with Gasteiger partial charge in [-0.15, -0.1) is 0 Å². The van der Waals surface area contributed by atoms with Crippen molar-refractivity contribution in [3.05, 3.63) is 35.6 Å². The second-order valence-electron chi connectivity index (χ2n) is 4.44. The SMILES string of the molecule is CC(NCC(C)(C)O)c1ccccc1F. The Morgan fingerprint density at radius 3 is 2.53 bits per heavy atom. The molecule has 0 heterocycles. The van der Waals surface area contributed by atoms with Crippen LogP contribution >= 0.6 is 0 Å². The molecule has 0 bridgehead atoms. The summed E-state index contributed by atoms with van der Waals surface area (Å²) in [6.45, 7) is 5.74. The van der Waals surface area contributed by atoms with Crippen molar-refractivity contribution in [1.82, 2.24) is 5.32 Å². The molecule has 0 amide bonds. The number of halogens is 1. The Labute approximate surface area is 90.1 Å². The maximum absolute atomic E-state index is 13.4. The third-order valence-electron chi connectivity index (χ3n) is 2.21. The van der Waals surface area contributed by atoms with Gasteiger partial charge in [-0.1, -0.05) is 18.2 Å². The van der Waals surface area contributed by atoms with Crippen molar-refractivity contribution >= 4 is 0 Å². The van der Waals surface area contributed by atoms with E-state index in [2.05, 4.69) is 5.32 Å². The third-order valence-corrected chi connectivity index (χ3v) is 2.21. The molecular formula is C12H18FNO. The predicted octanol–water partition coefficient (Wildman–Crippen LogP) is 2.25. The van der Waals surface area contributed by atoms with Crippen LogP contribution in [0.5, 0.6) is 0 Å². The molecule has 1 atom stereocenters. The lowest BCUT2D eigenvalue weighted by Crippen LogP contribution is -2.36. The Bertz CT molecular complexity index is 320. The van der Waals surface area contributed by atoms with Crippen molar-refractivity contribution in [3.8, 4) is 0 Å². The first-order valence-electron chi connectivity index (χ1n) is 5.10. The van der Waals surface area contributed by atoms with Gasteiger partial charge in [-0.25, -0.2) is 4.39 Å². The smallest absolute Gasteiger partial charge is 0.127 e. The minimum absolute atomic E-state index is 0.0994. The van der Waals surface area contributed by atoms with Gasteiger partial charge in [0.1, 0.15) is 5.82 Å². The van der Waals surface area contributed by atoms with Gasteiger partial charge in [0.05, 0.1) is 5.60 Å². The van der Waals surface area contributed by atoms with E-state index in [1.165, 1.54) is 6.07 Å². The zero-order valence-electron chi connectivity index (χ0n) is 9.42. The number of hydrogen-bond donors (Lipinski definition) is 2. The highest BCUT2D eigenvalue weighted by Crippen LogP contribution is 2.16. The van der Waals surface area contributed by atoms with Gasteiger partial charge in [-0.3, -0.25) is 0 Å². The van der Waals surface area contributed by atoms with E-state index < -0.39 is 5.60 Å². The molecule has 84 valence electrons. The van der Waals surface area contributed by atoms with E-state index >= 15 is 0 Å². The number of aliphatic hydroxyl groups is 1. The van der Waals surface area contributed by atoms with E-state index in [4.69, 9.17) is 0 Å². The van der Waals surface area contributed by atoms with Crippen LogP contribution in [0.3, 0.4) is 0 Å². The molecule has 0 aliphatic heterocycles. The first-order chi connectivity index (χ1) is 6.90. The molecule has 1 unspecified atom stereocenters. The summed E-state index contributed by atoms with van der Waals surface area (Å²) in [5, 5.41) is 12.6. The van der Waals surface area contributed by atoms with Crippen molar-refractivity contribution in [3.63, 3.8) is 0 Å². The first kappa shape index (κ1) is 12.1. The third kappa shape index (κ3) is 3.98. The zero-order valence-corrected chi connectivity index (χ0v) is 9.42. The number of hydrogen-bond acceptors (Lipinski definition) is 2. The summed E-state index contributed by atoms with van der Waals surface area (Å²) < 4.78 is 13.4. The van der Waals surface area contributed by atoms with Gasteiger partial charge in [0, 0.05) is 18.2 Å². The minimum Gasteiger partial charge on any atom is -0.389 e. The van der Waals surface area contributed by atoms with E-state index in [-0.39, 0.29) is 11.9 Å². The summed E-state index contributed by atoms with van der Waals surface area (Å²) >= 11 is 0. The van der Waals surface area contributed by atoms with Crippen molar-refractivity contribution < 1.29 is 9.50 Å². The van der Waals surface area contributed by atoms with E-state index in [0.29, 0.717) is 12.1 Å². The minimum atomic E-state index is -0.778. The second-order valence-corrected chi connectivity index (χ2v) is 4.44. The van der Waals surface area contributed by atoms with Crippen LogP contribution in [-0.4, -0.2) is 17.3 Å². The number of rotatable bonds is 4. The zero-order chi connectivity index (χ0) is 11.5. The van der Waals surface area contributed by atoms with Crippen molar-refractivity contribution in [2.45, 2.75) is 32.4 Å². The largest absolute Gasteiger partial charge is 0.389 e. The monoisotopic (exact) mass is 211 g/mol. The van der Waals surface area contributed by atoms with Crippen LogP contribution in [0.2, 0.25) is 0 Å². The highest BCUT2D eigenvalue weighted by Gasteiger charge is 2.15. The number of benzene rings is 1. The van der Waals surface area contributed by atoms with E-state index in [9.17, 15) is 9.50 Å². The fourth-order valence-corrected chi connectivity index (χ4v) is 1.34. The molecule has 3 heteroatoms. The summed E-state index contributed by atoms with van der Waals surface area (Å²) in [7, 11) is 0. The van der Waals surface area contributed by atoms with E-state index in [1.54, 1.807) is 32.0 Å². The maximum atomic E-state index is 13.4. The normalized spacial score (nSPS) is 13.9. The standard InChI is InChI=1S/C12H18FNO/c1-9(14-8-12(2,3)15)10-6-4-5-7-11(10)13/h4-7,9,14-15H,8H2,1-3H3. The molecule has 15 heavy (non-hydrogen) atoms. The molecule has 0 aliphatic rings. The Morgan fingerprint density at radius 1 is 1.40 bits per heavy atom. The molecule has 0 aromatic heterocycles. The molecule has 1 aromatic rings. The Hall–Kier alpha value is -0.930. The van der Waals surface area contributed by atoms with Gasteiger partial charge in [-0.2, -0.15) is 0 Å². The molecule has 0 fully saturated rings. The van der Waals surface area contributed by atoms with Crippen molar-refractivity contribution in [2.75, 3.05) is 6.54 Å². The quantitative estimate of drug-likeness (QED) is 0.800. The van der Waals surface area contributed by atoms with Crippen LogP contribution in [0, 0.1) is 5.82 Å². The summed E-state index contributed by atoms with van der Waals surface area (Å²) in [4.78, 5) is 0. The average molecular weight is 211 g/mol. The number of nitrogens with one attached hydrogen (secondary N) is 1. The van der Waals surface area contributed by atoms with Crippen LogP contribution in [-0.2, 0) is 0 Å². The van der Waals surface area contributed by atoms with E-state index in [0.717, 1.165) is 0 Å². The van der Waals surface area contributed by atoms with Gasteiger partial charge in [0.2, 0.25) is 0 Å². The summed E-state index contributed by atoms with van der Waals surface area (Å²) in [5.74, 6) is -0.215. The second kappa shape index (κ2) is 4.73. The Morgan fingerprint density at radius 2 is 2.00 bits per heavy atom. The molecule has 0 spiro atoms. The van der Waals surface area contributed by atoms with Crippen molar-refractivity contribution in [2.24, 2.45) is 0 Å². The van der Waals surface area contributed by atoms with Crippen LogP contribution in [0.15, 0.2) is 24.3 Å². The lowest BCUT2D eigenvalue weighted by atomic mass is 10.1. The van der Waals surface area contributed by atoms with Gasteiger partial charge < -0.3 is 10.4 Å². The van der Waals surface area contributed by atoms with Gasteiger partial charge in [-0.05, 0) is 26.8 Å². The van der Waals surface area contributed by atoms with Gasteiger partial charge in [0.15, 0.2) is 0 Å². The molecule has 1 aromatic carbocycles. The van der Waals surface area contributed by atoms with Crippen molar-refractivity contribution in [1.29, 1.82) is 0 Å². The van der Waals surface area contributed by atoms with Crippen LogP contribution < -0.4 is 5.32 Å². The first-order valence-corrected chi connectivity index (χ1v) is 5.10. The van der Waals surface area contributed by atoms with Crippen LogP contribution in [0.4, 0.5) is 4.39 Å². The molecular weight excluding hydrogens is 193 g/mol. The molecule has 2 nitrogen and oxygen atoms in total. The van der Waals surface area contributed by atoms with Crippen LogP contribution in [0.25, 0.3) is 0 Å². The molecule has 2 N–H and O–H groups in total. The fraction of sp³-hybridized carbons (Fsp3) is 0.500. The average Bonchev–Trinajstić information content (AvgIpc) is 2.14. The topological polar surface area (TPSA) is 32.3 Å². The Kier molecular flexibility index (Phi) is 3.83. The Balaban J connectivity index is 2.62. The highest BCUT2D eigenvalue weighted by atomic mass is 19.1. The molecule has 0 saturated heterocycles. The van der Waals surface area contributed by atoms with E-state index in [1.807, 2.05) is 6.92 Å². The molecule has 0 aliphatic carbocycles. The predicted molar refractivity (Wildman–Crippen MR) is 59.1 cm³/mol. The fourth-order valence-electron chi connectivity index (χ4n) is 1.34. The molecule has 1 rings (SSSR count). The highest BCUT2D eigenvalue weighted by molar-refractivity contribution is 5.20. The lowest BCUT2D eigenvalue weighted by Gasteiger charge is -2.22. The summed E-state index contributed by atoms with van der Waals surface area (Å²) in [6.07, 6.45) is 0. The summed E-state index contributed by atoms with van der Waals surface area (Å²) in [6, 6.07) is 6.56. The molecule has 0 radical (unpaired) electrons.